The Labute approximate surface area is 162 Å². The van der Waals surface area contributed by atoms with Crippen LogP contribution in [0.25, 0.3) is 0 Å². The summed E-state index contributed by atoms with van der Waals surface area (Å²) in [6.45, 7) is 4.28. The number of carbonyl (C=O) groups is 1. The summed E-state index contributed by atoms with van der Waals surface area (Å²) < 4.78 is 29.4. The number of aliphatic carboxylic acids is 1. The monoisotopic (exact) mass is 392 g/mol. The highest BCUT2D eigenvalue weighted by atomic mass is 19.3. The standard InChI is InChI=1S/C20H26F2N4O2/c1-11-4-6-26(11)19-23-17-14(3-2-5-20(17,21)22)18(24-19)25-9-12-7-13(10-25)15(12)8-16(27)28/h11-13,15H,2-10H2,1H3,(H,27,28). The maximum atomic E-state index is 14.7. The Balaban J connectivity index is 1.49. The first-order valence-corrected chi connectivity index (χ1v) is 10.4. The van der Waals surface area contributed by atoms with Gasteiger partial charge in [-0.3, -0.25) is 4.79 Å². The first kappa shape index (κ1) is 18.1. The lowest BCUT2D eigenvalue weighted by Gasteiger charge is -2.54. The zero-order valence-electron chi connectivity index (χ0n) is 16.1. The van der Waals surface area contributed by atoms with Gasteiger partial charge in [-0.05, 0) is 50.4 Å². The van der Waals surface area contributed by atoms with Crippen LogP contribution in [0, 0.1) is 17.8 Å². The number of alkyl halides is 2. The van der Waals surface area contributed by atoms with Crippen LogP contribution < -0.4 is 9.80 Å². The molecule has 152 valence electrons. The normalized spacial score (nSPS) is 33.0. The molecule has 6 nitrogen and oxygen atoms in total. The molecule has 1 aromatic heterocycles. The number of rotatable bonds is 4. The summed E-state index contributed by atoms with van der Waals surface area (Å²) in [6.07, 6.45) is 3.14. The molecule has 8 heteroatoms. The van der Waals surface area contributed by atoms with Crippen LogP contribution in [0.5, 0.6) is 0 Å². The van der Waals surface area contributed by atoms with E-state index in [-0.39, 0.29) is 30.5 Å². The highest BCUT2D eigenvalue weighted by molar-refractivity contribution is 5.67. The largest absolute Gasteiger partial charge is 0.481 e. The molecule has 0 amide bonds. The first-order chi connectivity index (χ1) is 13.3. The second-order valence-electron chi connectivity index (χ2n) is 8.99. The van der Waals surface area contributed by atoms with Crippen molar-refractivity contribution in [3.63, 3.8) is 0 Å². The molecule has 4 heterocycles. The van der Waals surface area contributed by atoms with Gasteiger partial charge in [0.1, 0.15) is 11.5 Å². The van der Waals surface area contributed by atoms with E-state index in [1.807, 2.05) is 4.90 Å². The number of piperidine rings is 2. The lowest BCUT2D eigenvalue weighted by atomic mass is 9.60. The smallest absolute Gasteiger partial charge is 0.303 e. The number of nitrogens with zero attached hydrogens (tertiary/aromatic N) is 4. The van der Waals surface area contributed by atoms with Crippen LogP contribution in [0.15, 0.2) is 0 Å². The number of carboxylic acid groups (broad SMARTS) is 1. The highest BCUT2D eigenvalue weighted by Gasteiger charge is 2.49. The number of aromatic nitrogens is 2. The van der Waals surface area contributed by atoms with Crippen molar-refractivity contribution in [2.45, 2.75) is 57.4 Å². The molecule has 1 N–H and O–H groups in total. The SMILES string of the molecule is CC1CCN1c1nc(N2CC3CC(C2)C3CC(=O)O)c2c(n1)C(F)(F)CCC2. The molecule has 0 radical (unpaired) electrons. The number of hydrogen-bond donors (Lipinski definition) is 1. The van der Waals surface area contributed by atoms with Crippen molar-refractivity contribution in [3.05, 3.63) is 11.3 Å². The zero-order chi connectivity index (χ0) is 19.6. The average Bonchev–Trinajstić information content (AvgIpc) is 2.64. The number of anilines is 2. The van der Waals surface area contributed by atoms with Crippen molar-refractivity contribution < 1.29 is 18.7 Å². The van der Waals surface area contributed by atoms with Crippen molar-refractivity contribution in [1.82, 2.24) is 9.97 Å². The Morgan fingerprint density at radius 2 is 2.04 bits per heavy atom. The molecule has 1 saturated carbocycles. The summed E-state index contributed by atoms with van der Waals surface area (Å²) in [5.41, 5.74) is 0.517. The van der Waals surface area contributed by atoms with Gasteiger partial charge in [0.25, 0.3) is 5.92 Å². The molecular formula is C20H26F2N4O2. The van der Waals surface area contributed by atoms with Gasteiger partial charge in [-0.25, -0.2) is 4.98 Å². The van der Waals surface area contributed by atoms with Crippen molar-refractivity contribution in [1.29, 1.82) is 0 Å². The second-order valence-corrected chi connectivity index (χ2v) is 8.99. The van der Waals surface area contributed by atoms with Crippen LogP contribution in [0.2, 0.25) is 0 Å². The molecular weight excluding hydrogens is 366 g/mol. The molecule has 28 heavy (non-hydrogen) atoms. The van der Waals surface area contributed by atoms with Gasteiger partial charge in [0, 0.05) is 44.1 Å². The second kappa shape index (κ2) is 6.26. The lowest BCUT2D eigenvalue weighted by Crippen LogP contribution is -2.56. The topological polar surface area (TPSA) is 69.6 Å². The summed E-state index contributed by atoms with van der Waals surface area (Å²) in [5, 5.41) is 9.14. The van der Waals surface area contributed by atoms with Gasteiger partial charge in [-0.1, -0.05) is 0 Å². The van der Waals surface area contributed by atoms with Crippen LogP contribution in [-0.4, -0.2) is 46.7 Å². The number of halogens is 2. The van der Waals surface area contributed by atoms with E-state index in [0.29, 0.717) is 55.1 Å². The van der Waals surface area contributed by atoms with Gasteiger partial charge >= 0.3 is 5.97 Å². The molecule has 3 atom stereocenters. The average molecular weight is 392 g/mol. The Hall–Kier alpha value is -1.99. The zero-order valence-corrected chi connectivity index (χ0v) is 16.1. The van der Waals surface area contributed by atoms with Crippen LogP contribution in [-0.2, 0) is 17.1 Å². The van der Waals surface area contributed by atoms with Gasteiger partial charge in [0.2, 0.25) is 5.95 Å². The minimum Gasteiger partial charge on any atom is -0.481 e. The van der Waals surface area contributed by atoms with E-state index in [1.165, 1.54) is 0 Å². The Bertz CT molecular complexity index is 806. The van der Waals surface area contributed by atoms with Crippen LogP contribution >= 0.6 is 0 Å². The van der Waals surface area contributed by atoms with E-state index in [4.69, 9.17) is 10.1 Å². The third kappa shape index (κ3) is 2.75. The molecule has 3 unspecified atom stereocenters. The maximum absolute atomic E-state index is 14.7. The van der Waals surface area contributed by atoms with Gasteiger partial charge < -0.3 is 14.9 Å². The van der Waals surface area contributed by atoms with Gasteiger partial charge in [-0.2, -0.15) is 13.8 Å². The predicted molar refractivity (Wildman–Crippen MR) is 99.8 cm³/mol. The quantitative estimate of drug-likeness (QED) is 0.849. The van der Waals surface area contributed by atoms with E-state index in [0.717, 1.165) is 19.4 Å². The lowest BCUT2D eigenvalue weighted by molar-refractivity contribution is -0.141. The predicted octanol–water partition coefficient (Wildman–Crippen LogP) is 3.05. The summed E-state index contributed by atoms with van der Waals surface area (Å²) in [6, 6.07) is 0.276. The summed E-state index contributed by atoms with van der Waals surface area (Å²) in [4.78, 5) is 24.4. The summed E-state index contributed by atoms with van der Waals surface area (Å²) >= 11 is 0. The third-order valence-corrected chi connectivity index (χ3v) is 7.25. The minimum atomic E-state index is -2.90. The molecule has 2 bridgehead atoms. The molecule has 3 saturated heterocycles. The molecule has 1 aromatic rings. The van der Waals surface area contributed by atoms with E-state index < -0.39 is 11.9 Å². The van der Waals surface area contributed by atoms with E-state index >= 15 is 0 Å². The molecule has 4 fully saturated rings. The maximum Gasteiger partial charge on any atom is 0.303 e. The van der Waals surface area contributed by atoms with Crippen LogP contribution in [0.4, 0.5) is 20.5 Å². The Morgan fingerprint density at radius 1 is 1.29 bits per heavy atom. The van der Waals surface area contributed by atoms with E-state index in [1.54, 1.807) is 0 Å². The molecule has 5 aliphatic rings. The molecule has 0 aromatic carbocycles. The third-order valence-electron chi connectivity index (χ3n) is 7.25. The van der Waals surface area contributed by atoms with E-state index in [2.05, 4.69) is 16.8 Å². The minimum absolute atomic E-state index is 0.0841. The van der Waals surface area contributed by atoms with Gasteiger partial charge in [0.15, 0.2) is 0 Å². The van der Waals surface area contributed by atoms with Crippen molar-refractivity contribution in [2.75, 3.05) is 29.4 Å². The van der Waals surface area contributed by atoms with E-state index in [9.17, 15) is 13.6 Å². The summed E-state index contributed by atoms with van der Waals surface area (Å²) in [5.74, 6) is -1.72. The van der Waals surface area contributed by atoms with Crippen molar-refractivity contribution >= 4 is 17.7 Å². The number of fused-ring (bicyclic) bond motifs is 3. The molecule has 0 spiro atoms. The van der Waals surface area contributed by atoms with Crippen molar-refractivity contribution in [3.8, 4) is 0 Å². The highest BCUT2D eigenvalue weighted by Crippen LogP contribution is 2.50. The van der Waals surface area contributed by atoms with Crippen LogP contribution in [0.1, 0.15) is 50.3 Å². The fourth-order valence-corrected chi connectivity index (χ4v) is 5.50. The Morgan fingerprint density at radius 3 is 2.64 bits per heavy atom. The van der Waals surface area contributed by atoms with Crippen molar-refractivity contribution in [2.24, 2.45) is 17.8 Å². The molecule has 3 aliphatic heterocycles. The van der Waals surface area contributed by atoms with Gasteiger partial charge in [-0.15, -0.1) is 0 Å². The first-order valence-electron chi connectivity index (χ1n) is 10.4. The fraction of sp³-hybridized carbons (Fsp3) is 0.750. The fourth-order valence-electron chi connectivity index (χ4n) is 5.50. The summed E-state index contributed by atoms with van der Waals surface area (Å²) in [7, 11) is 0. The van der Waals surface area contributed by atoms with Crippen LogP contribution in [0.3, 0.4) is 0 Å². The molecule has 6 rings (SSSR count). The Kier molecular flexibility index (Phi) is 4.04. The number of carboxylic acids is 1. The molecule has 2 aliphatic carbocycles. The number of hydrogen-bond acceptors (Lipinski definition) is 5. The van der Waals surface area contributed by atoms with Gasteiger partial charge in [0.05, 0.1) is 0 Å².